The van der Waals surface area contributed by atoms with Crippen LogP contribution in [0.5, 0.6) is 0 Å². The minimum absolute atomic E-state index is 0.282. The Labute approximate surface area is 131 Å². The molecule has 0 aliphatic carbocycles. The number of nitrogens with one attached hydrogen (secondary N) is 1. The van der Waals surface area contributed by atoms with Gasteiger partial charge in [-0.3, -0.25) is 4.68 Å². The summed E-state index contributed by atoms with van der Waals surface area (Å²) in [6.07, 6.45) is 2.70. The van der Waals surface area contributed by atoms with Crippen molar-refractivity contribution in [1.82, 2.24) is 15.1 Å². The Kier molecular flexibility index (Phi) is 5.18. The maximum Gasteiger partial charge on any atom is 0.129 e. The molecule has 0 amide bonds. The molecule has 0 radical (unpaired) electrons. The smallest absolute Gasteiger partial charge is 0.129 e. The summed E-state index contributed by atoms with van der Waals surface area (Å²) in [5, 5.41) is 7.87. The molecule has 1 aromatic carbocycles. The lowest BCUT2D eigenvalue weighted by Crippen LogP contribution is -2.23. The number of benzene rings is 1. The number of nitrogens with zero attached hydrogens (tertiary/aromatic N) is 2. The third kappa shape index (κ3) is 3.05. The van der Waals surface area contributed by atoms with Crippen molar-refractivity contribution in [2.45, 2.75) is 25.9 Å². The third-order valence-electron chi connectivity index (χ3n) is 3.10. The molecule has 1 aromatic heterocycles. The van der Waals surface area contributed by atoms with Crippen LogP contribution in [0.1, 0.15) is 30.6 Å². The minimum Gasteiger partial charge on any atom is -0.308 e. The van der Waals surface area contributed by atoms with Crippen LogP contribution >= 0.6 is 27.5 Å². The van der Waals surface area contributed by atoms with Gasteiger partial charge in [-0.15, -0.1) is 0 Å². The molecule has 2 rings (SSSR count). The van der Waals surface area contributed by atoms with E-state index in [1.54, 1.807) is 25.4 Å². The Hall–Kier alpha value is -0.910. The fraction of sp³-hybridized carbons (Fsp3) is 0.357. The molecule has 0 aliphatic heterocycles. The number of hydrogen-bond donors (Lipinski definition) is 1. The van der Waals surface area contributed by atoms with Gasteiger partial charge in [0.05, 0.1) is 22.4 Å². The molecule has 2 aromatic rings. The van der Waals surface area contributed by atoms with Crippen LogP contribution < -0.4 is 5.32 Å². The summed E-state index contributed by atoms with van der Waals surface area (Å²) < 4.78 is 16.9. The summed E-state index contributed by atoms with van der Waals surface area (Å²) in [6.45, 7) is 2.87. The van der Waals surface area contributed by atoms with Crippen LogP contribution in [0.2, 0.25) is 5.02 Å². The number of aryl methyl sites for hydroxylation is 1. The van der Waals surface area contributed by atoms with Crippen LogP contribution in [0.4, 0.5) is 4.39 Å². The zero-order valence-electron chi connectivity index (χ0n) is 11.3. The van der Waals surface area contributed by atoms with E-state index in [9.17, 15) is 4.39 Å². The van der Waals surface area contributed by atoms with Crippen LogP contribution in [0, 0.1) is 5.82 Å². The standard InChI is InChI=1S/C14H16BrClFN3/c1-3-6-20-14(11(15)8-19-20)13(18-2)10-5-4-9(16)7-12(10)17/h4-5,7-8,13,18H,3,6H2,1-2H3. The van der Waals surface area contributed by atoms with Crippen molar-refractivity contribution >= 4 is 27.5 Å². The molecule has 20 heavy (non-hydrogen) atoms. The topological polar surface area (TPSA) is 29.9 Å². The Morgan fingerprint density at radius 2 is 2.25 bits per heavy atom. The summed E-state index contributed by atoms with van der Waals surface area (Å²) in [5.41, 5.74) is 1.46. The number of rotatable bonds is 5. The number of halogens is 3. The van der Waals surface area contributed by atoms with Gasteiger partial charge in [0.2, 0.25) is 0 Å². The Balaban J connectivity index is 2.49. The molecule has 6 heteroatoms. The molecular weight excluding hydrogens is 345 g/mol. The molecular formula is C14H16BrClFN3. The van der Waals surface area contributed by atoms with Crippen LogP contribution in [-0.2, 0) is 6.54 Å². The fourth-order valence-electron chi connectivity index (χ4n) is 2.22. The highest BCUT2D eigenvalue weighted by Crippen LogP contribution is 2.31. The lowest BCUT2D eigenvalue weighted by atomic mass is 10.0. The van der Waals surface area contributed by atoms with Gasteiger partial charge in [-0.2, -0.15) is 5.10 Å². The second kappa shape index (κ2) is 6.70. The maximum atomic E-state index is 14.2. The summed E-state index contributed by atoms with van der Waals surface area (Å²) in [7, 11) is 1.80. The first-order chi connectivity index (χ1) is 9.58. The van der Waals surface area contributed by atoms with E-state index < -0.39 is 0 Å². The van der Waals surface area contributed by atoms with Crippen LogP contribution in [0.15, 0.2) is 28.9 Å². The SMILES string of the molecule is CCCn1ncc(Br)c1C(NC)c1ccc(Cl)cc1F. The highest BCUT2D eigenvalue weighted by atomic mass is 79.9. The van der Waals surface area contributed by atoms with Crippen molar-refractivity contribution in [3.63, 3.8) is 0 Å². The Morgan fingerprint density at radius 3 is 2.85 bits per heavy atom. The van der Waals surface area contributed by atoms with Gasteiger partial charge in [0.25, 0.3) is 0 Å². The molecule has 0 saturated carbocycles. The van der Waals surface area contributed by atoms with Gasteiger partial charge >= 0.3 is 0 Å². The maximum absolute atomic E-state index is 14.2. The van der Waals surface area contributed by atoms with Gasteiger partial charge in [0, 0.05) is 17.1 Å². The zero-order valence-corrected chi connectivity index (χ0v) is 13.7. The molecule has 0 aliphatic rings. The van der Waals surface area contributed by atoms with Crippen molar-refractivity contribution in [2.24, 2.45) is 0 Å². The van der Waals surface area contributed by atoms with Crippen LogP contribution in [0.25, 0.3) is 0 Å². The summed E-state index contributed by atoms with van der Waals surface area (Å²) in [4.78, 5) is 0. The van der Waals surface area contributed by atoms with E-state index in [-0.39, 0.29) is 11.9 Å². The monoisotopic (exact) mass is 359 g/mol. The van der Waals surface area contributed by atoms with E-state index in [1.165, 1.54) is 6.07 Å². The number of hydrogen-bond acceptors (Lipinski definition) is 2. The molecule has 1 unspecified atom stereocenters. The molecule has 0 bridgehead atoms. The lowest BCUT2D eigenvalue weighted by molar-refractivity contribution is 0.515. The van der Waals surface area contributed by atoms with E-state index in [1.807, 2.05) is 4.68 Å². The van der Waals surface area contributed by atoms with Crippen molar-refractivity contribution in [3.8, 4) is 0 Å². The Bertz CT molecular complexity index is 600. The van der Waals surface area contributed by atoms with Crippen LogP contribution in [0.3, 0.4) is 0 Å². The molecule has 108 valence electrons. The molecule has 1 N–H and O–H groups in total. The van der Waals surface area contributed by atoms with E-state index in [2.05, 4.69) is 33.3 Å². The van der Waals surface area contributed by atoms with Crippen molar-refractivity contribution < 1.29 is 4.39 Å². The van der Waals surface area contributed by atoms with Crippen molar-refractivity contribution in [2.75, 3.05) is 7.05 Å². The molecule has 0 fully saturated rings. The van der Waals surface area contributed by atoms with Crippen molar-refractivity contribution in [1.29, 1.82) is 0 Å². The first-order valence-electron chi connectivity index (χ1n) is 6.41. The minimum atomic E-state index is -0.326. The fourth-order valence-corrected chi connectivity index (χ4v) is 2.91. The summed E-state index contributed by atoms with van der Waals surface area (Å²) in [5.74, 6) is -0.326. The molecule has 1 heterocycles. The van der Waals surface area contributed by atoms with E-state index in [0.717, 1.165) is 23.1 Å². The zero-order chi connectivity index (χ0) is 14.7. The van der Waals surface area contributed by atoms with Crippen LogP contribution in [-0.4, -0.2) is 16.8 Å². The van der Waals surface area contributed by atoms with Crippen molar-refractivity contribution in [3.05, 3.63) is 51.0 Å². The van der Waals surface area contributed by atoms with Gasteiger partial charge in [0.15, 0.2) is 0 Å². The molecule has 0 spiro atoms. The third-order valence-corrected chi connectivity index (χ3v) is 3.95. The van der Waals surface area contributed by atoms with E-state index in [4.69, 9.17) is 11.6 Å². The number of aromatic nitrogens is 2. The molecule has 3 nitrogen and oxygen atoms in total. The van der Waals surface area contributed by atoms with E-state index >= 15 is 0 Å². The predicted octanol–water partition coefficient (Wildman–Crippen LogP) is 4.16. The van der Waals surface area contributed by atoms with Gasteiger partial charge in [0.1, 0.15) is 5.82 Å². The highest BCUT2D eigenvalue weighted by Gasteiger charge is 2.23. The normalized spacial score (nSPS) is 12.7. The summed E-state index contributed by atoms with van der Waals surface area (Å²) >= 11 is 9.31. The molecule has 0 saturated heterocycles. The van der Waals surface area contributed by atoms with Gasteiger partial charge < -0.3 is 5.32 Å². The average Bonchev–Trinajstić information content (AvgIpc) is 2.75. The second-order valence-electron chi connectivity index (χ2n) is 4.49. The lowest BCUT2D eigenvalue weighted by Gasteiger charge is -2.20. The predicted molar refractivity (Wildman–Crippen MR) is 82.5 cm³/mol. The Morgan fingerprint density at radius 1 is 1.50 bits per heavy atom. The van der Waals surface area contributed by atoms with Gasteiger partial charge in [-0.05, 0) is 41.5 Å². The quantitative estimate of drug-likeness (QED) is 0.868. The first kappa shape index (κ1) is 15.5. The highest BCUT2D eigenvalue weighted by molar-refractivity contribution is 9.10. The second-order valence-corrected chi connectivity index (χ2v) is 5.78. The van der Waals surface area contributed by atoms with E-state index in [0.29, 0.717) is 10.6 Å². The van der Waals surface area contributed by atoms with Gasteiger partial charge in [-0.25, -0.2) is 4.39 Å². The molecule has 1 atom stereocenters. The van der Waals surface area contributed by atoms with Gasteiger partial charge in [-0.1, -0.05) is 24.6 Å². The summed E-state index contributed by atoms with van der Waals surface area (Å²) in [6, 6.07) is 4.44. The first-order valence-corrected chi connectivity index (χ1v) is 7.59. The average molecular weight is 361 g/mol. The largest absolute Gasteiger partial charge is 0.308 e.